The van der Waals surface area contributed by atoms with Gasteiger partial charge in [-0.1, -0.05) is 26.2 Å². The molecule has 0 radical (unpaired) electrons. The summed E-state index contributed by atoms with van der Waals surface area (Å²) >= 11 is 0. The van der Waals surface area contributed by atoms with E-state index in [0.717, 1.165) is 18.8 Å². The molecule has 0 heterocycles. The molecule has 0 unspecified atom stereocenters. The molecule has 0 saturated heterocycles. The third-order valence-corrected chi connectivity index (χ3v) is 5.44. The van der Waals surface area contributed by atoms with Crippen molar-refractivity contribution in [3.8, 4) is 0 Å². The molecule has 19 heavy (non-hydrogen) atoms. The van der Waals surface area contributed by atoms with Crippen LogP contribution in [0.25, 0.3) is 0 Å². The number of hydrogen-bond donors (Lipinski definition) is 1. The molecule has 0 spiro atoms. The van der Waals surface area contributed by atoms with Crippen LogP contribution in [0, 0.1) is 5.92 Å². The number of hydrogen-bond acceptors (Lipinski definition) is 2. The smallest absolute Gasteiger partial charge is 0.224 e. The van der Waals surface area contributed by atoms with Crippen LogP contribution >= 0.6 is 0 Å². The fraction of sp³-hybridized carbons (Fsp3) is 0.938. The lowest BCUT2D eigenvalue weighted by Gasteiger charge is -2.36. The van der Waals surface area contributed by atoms with E-state index in [4.69, 9.17) is 5.73 Å². The van der Waals surface area contributed by atoms with Crippen molar-refractivity contribution in [3.05, 3.63) is 0 Å². The highest BCUT2D eigenvalue weighted by molar-refractivity contribution is 5.77. The zero-order valence-corrected chi connectivity index (χ0v) is 12.7. The summed E-state index contributed by atoms with van der Waals surface area (Å²) in [6.07, 6.45) is 11.2. The van der Waals surface area contributed by atoms with Gasteiger partial charge in [0.15, 0.2) is 0 Å². The molecule has 2 aliphatic carbocycles. The van der Waals surface area contributed by atoms with Gasteiger partial charge in [-0.05, 0) is 44.4 Å². The molecule has 2 saturated carbocycles. The van der Waals surface area contributed by atoms with Gasteiger partial charge in [0.1, 0.15) is 0 Å². The summed E-state index contributed by atoms with van der Waals surface area (Å²) in [6, 6.07) is 0.459. The molecule has 0 aromatic rings. The van der Waals surface area contributed by atoms with Crippen LogP contribution in [0.15, 0.2) is 0 Å². The lowest BCUT2D eigenvalue weighted by atomic mass is 9.83. The lowest BCUT2D eigenvalue weighted by molar-refractivity contribution is -0.134. The Kier molecular flexibility index (Phi) is 4.88. The van der Waals surface area contributed by atoms with E-state index in [1.165, 1.54) is 44.9 Å². The highest BCUT2D eigenvalue weighted by Crippen LogP contribution is 2.32. The summed E-state index contributed by atoms with van der Waals surface area (Å²) < 4.78 is 0. The van der Waals surface area contributed by atoms with Crippen molar-refractivity contribution in [2.45, 2.75) is 82.7 Å². The van der Waals surface area contributed by atoms with Crippen molar-refractivity contribution in [1.82, 2.24) is 4.90 Å². The van der Waals surface area contributed by atoms with E-state index in [0.29, 0.717) is 12.5 Å². The summed E-state index contributed by atoms with van der Waals surface area (Å²) in [6.45, 7) is 2.28. The maximum atomic E-state index is 12.4. The molecule has 0 aromatic heterocycles. The predicted molar refractivity (Wildman–Crippen MR) is 78.8 cm³/mol. The summed E-state index contributed by atoms with van der Waals surface area (Å²) in [7, 11) is 1.98. The van der Waals surface area contributed by atoms with Crippen molar-refractivity contribution in [2.24, 2.45) is 11.7 Å². The molecule has 2 fully saturated rings. The van der Waals surface area contributed by atoms with E-state index in [9.17, 15) is 4.79 Å². The molecule has 0 aliphatic heterocycles. The highest BCUT2D eigenvalue weighted by Gasteiger charge is 2.34. The zero-order valence-electron chi connectivity index (χ0n) is 12.7. The fourth-order valence-corrected chi connectivity index (χ4v) is 3.83. The first-order valence-electron chi connectivity index (χ1n) is 8.08. The number of carbonyl (C=O) groups excluding carboxylic acids is 1. The van der Waals surface area contributed by atoms with Gasteiger partial charge in [0, 0.05) is 25.0 Å². The van der Waals surface area contributed by atoms with Gasteiger partial charge in [-0.15, -0.1) is 0 Å². The van der Waals surface area contributed by atoms with Crippen molar-refractivity contribution in [3.63, 3.8) is 0 Å². The van der Waals surface area contributed by atoms with Crippen LogP contribution in [0.4, 0.5) is 0 Å². The molecule has 3 heteroatoms. The Morgan fingerprint density at radius 3 is 2.32 bits per heavy atom. The highest BCUT2D eigenvalue weighted by atomic mass is 16.2. The maximum absolute atomic E-state index is 12.4. The minimum Gasteiger partial charge on any atom is -0.343 e. The van der Waals surface area contributed by atoms with Crippen LogP contribution < -0.4 is 5.73 Å². The van der Waals surface area contributed by atoms with Gasteiger partial charge in [0.2, 0.25) is 5.91 Å². The summed E-state index contributed by atoms with van der Waals surface area (Å²) in [4.78, 5) is 14.4. The van der Waals surface area contributed by atoms with E-state index in [1.807, 2.05) is 11.9 Å². The van der Waals surface area contributed by atoms with Gasteiger partial charge >= 0.3 is 0 Å². The molecule has 2 N–H and O–H groups in total. The Balaban J connectivity index is 1.82. The first-order chi connectivity index (χ1) is 9.04. The van der Waals surface area contributed by atoms with Crippen molar-refractivity contribution < 1.29 is 4.79 Å². The number of nitrogens with two attached hydrogens (primary N) is 1. The first-order valence-corrected chi connectivity index (χ1v) is 8.08. The van der Waals surface area contributed by atoms with Crippen molar-refractivity contribution in [1.29, 1.82) is 0 Å². The fourth-order valence-electron chi connectivity index (χ4n) is 3.83. The SMILES string of the molecule is CCC1CCC(N(C)C(=O)CC2(N)CCCC2)CC1. The van der Waals surface area contributed by atoms with E-state index in [1.54, 1.807) is 0 Å². The monoisotopic (exact) mass is 266 g/mol. The van der Waals surface area contributed by atoms with Crippen LogP contribution in [0.5, 0.6) is 0 Å². The molecule has 0 aromatic carbocycles. The first kappa shape index (κ1) is 14.8. The number of rotatable bonds is 4. The van der Waals surface area contributed by atoms with E-state index >= 15 is 0 Å². The Labute approximate surface area is 117 Å². The molecule has 3 nitrogen and oxygen atoms in total. The quantitative estimate of drug-likeness (QED) is 0.850. The molecular weight excluding hydrogens is 236 g/mol. The Hall–Kier alpha value is -0.570. The van der Waals surface area contributed by atoms with Crippen LogP contribution in [0.3, 0.4) is 0 Å². The topological polar surface area (TPSA) is 46.3 Å². The van der Waals surface area contributed by atoms with E-state index < -0.39 is 0 Å². The largest absolute Gasteiger partial charge is 0.343 e. The second kappa shape index (κ2) is 6.25. The second-order valence-corrected chi connectivity index (χ2v) is 6.83. The van der Waals surface area contributed by atoms with Crippen molar-refractivity contribution in [2.75, 3.05) is 7.05 Å². The molecule has 2 rings (SSSR count). The van der Waals surface area contributed by atoms with Crippen LogP contribution in [0.1, 0.15) is 71.1 Å². The number of nitrogens with zero attached hydrogens (tertiary/aromatic N) is 1. The van der Waals surface area contributed by atoms with Gasteiger partial charge in [0.25, 0.3) is 0 Å². The zero-order chi connectivity index (χ0) is 13.9. The van der Waals surface area contributed by atoms with Gasteiger partial charge < -0.3 is 10.6 Å². The maximum Gasteiger partial charge on any atom is 0.224 e. The van der Waals surface area contributed by atoms with Crippen LogP contribution in [0.2, 0.25) is 0 Å². The third-order valence-electron chi connectivity index (χ3n) is 5.44. The minimum atomic E-state index is -0.202. The average molecular weight is 266 g/mol. The second-order valence-electron chi connectivity index (χ2n) is 6.83. The summed E-state index contributed by atoms with van der Waals surface area (Å²) in [5.74, 6) is 1.15. The van der Waals surface area contributed by atoms with Gasteiger partial charge in [-0.25, -0.2) is 0 Å². The van der Waals surface area contributed by atoms with E-state index in [-0.39, 0.29) is 11.4 Å². The molecule has 0 bridgehead atoms. The Morgan fingerprint density at radius 1 is 1.21 bits per heavy atom. The van der Waals surface area contributed by atoms with Crippen LogP contribution in [-0.4, -0.2) is 29.4 Å². The van der Waals surface area contributed by atoms with Gasteiger partial charge in [-0.3, -0.25) is 4.79 Å². The minimum absolute atomic E-state index is 0.202. The number of amides is 1. The molecule has 110 valence electrons. The van der Waals surface area contributed by atoms with Crippen molar-refractivity contribution >= 4 is 5.91 Å². The van der Waals surface area contributed by atoms with Gasteiger partial charge in [0.05, 0.1) is 0 Å². The average Bonchev–Trinajstić information content (AvgIpc) is 2.84. The van der Waals surface area contributed by atoms with Gasteiger partial charge in [-0.2, -0.15) is 0 Å². The lowest BCUT2D eigenvalue weighted by Crippen LogP contribution is -2.46. The van der Waals surface area contributed by atoms with Crippen LogP contribution in [-0.2, 0) is 4.79 Å². The molecule has 0 atom stereocenters. The Morgan fingerprint density at radius 2 is 1.79 bits per heavy atom. The van der Waals surface area contributed by atoms with E-state index in [2.05, 4.69) is 6.92 Å². The summed E-state index contributed by atoms with van der Waals surface area (Å²) in [5, 5.41) is 0. The summed E-state index contributed by atoms with van der Waals surface area (Å²) in [5.41, 5.74) is 6.12. The number of carbonyl (C=O) groups is 1. The standard InChI is InChI=1S/C16H30N2O/c1-3-13-6-8-14(9-7-13)18(2)15(19)12-16(17)10-4-5-11-16/h13-14H,3-12,17H2,1-2H3. The molecule has 1 amide bonds. The Bertz CT molecular complexity index is 302. The normalized spacial score (nSPS) is 30.3. The molecular formula is C16H30N2O. The third kappa shape index (κ3) is 3.71. The predicted octanol–water partition coefficient (Wildman–Crippen LogP) is 3.08. The molecule has 2 aliphatic rings.